The maximum absolute atomic E-state index is 11.3. The van der Waals surface area contributed by atoms with Crippen molar-refractivity contribution in [1.82, 2.24) is 5.32 Å². The van der Waals surface area contributed by atoms with Crippen molar-refractivity contribution in [3.63, 3.8) is 0 Å². The molecule has 0 radical (unpaired) electrons. The smallest absolute Gasteiger partial charge is 0.269 e. The first-order valence-corrected chi connectivity index (χ1v) is 7.14. The number of nitro benzene ring substituents is 1. The minimum atomic E-state index is -1.43. The number of nitrogens with one attached hydrogen (secondary N) is 1. The Kier molecular flexibility index (Phi) is 5.67. The molecule has 1 aromatic carbocycles. The number of benzene rings is 1. The fraction of sp³-hybridized carbons (Fsp3) is 0.500. The van der Waals surface area contributed by atoms with Crippen LogP contribution in [0.3, 0.4) is 0 Å². The van der Waals surface area contributed by atoms with Gasteiger partial charge in [-0.2, -0.15) is 0 Å². The van der Waals surface area contributed by atoms with E-state index in [-0.39, 0.29) is 11.4 Å². The Balaban J connectivity index is 2.19. The number of nitro groups is 1. The molecule has 24 heavy (non-hydrogen) atoms. The SMILES string of the molecule is CC(=O)N[C@H]1[C@@H](Oc2ccc([N+](=O)[O-])cc2)O[C@H](CO)[C@H](O)[C@@H]1O. The predicted molar refractivity (Wildman–Crippen MR) is 79.1 cm³/mol. The van der Waals surface area contributed by atoms with Crippen LogP contribution in [0.5, 0.6) is 5.75 Å². The van der Waals surface area contributed by atoms with Gasteiger partial charge in [-0.25, -0.2) is 0 Å². The molecule has 1 aromatic rings. The van der Waals surface area contributed by atoms with Gasteiger partial charge in [-0.3, -0.25) is 14.9 Å². The van der Waals surface area contributed by atoms with Gasteiger partial charge in [-0.05, 0) is 12.1 Å². The van der Waals surface area contributed by atoms with Crippen LogP contribution in [0.2, 0.25) is 0 Å². The van der Waals surface area contributed by atoms with Crippen LogP contribution in [-0.4, -0.2) is 63.4 Å². The molecule has 10 heteroatoms. The van der Waals surface area contributed by atoms with E-state index in [0.717, 1.165) is 0 Å². The Labute approximate surface area is 136 Å². The molecule has 0 aliphatic carbocycles. The molecular weight excluding hydrogens is 324 g/mol. The van der Waals surface area contributed by atoms with Gasteiger partial charge in [0, 0.05) is 19.1 Å². The van der Waals surface area contributed by atoms with Crippen LogP contribution in [0.25, 0.3) is 0 Å². The van der Waals surface area contributed by atoms with E-state index in [1.54, 1.807) is 0 Å². The molecule has 1 fully saturated rings. The van der Waals surface area contributed by atoms with Crippen LogP contribution < -0.4 is 10.1 Å². The standard InChI is InChI=1S/C14H18N2O8/c1-7(18)15-11-13(20)12(19)10(6-17)24-14(11)23-9-4-2-8(3-5-9)16(21)22/h2-5,10-14,17,19-20H,6H2,1H3,(H,15,18)/t10-,11-,12+,13-,14+/m1/s1. The topological polar surface area (TPSA) is 151 Å². The molecule has 2 rings (SSSR count). The van der Waals surface area contributed by atoms with Crippen LogP contribution in [0.15, 0.2) is 24.3 Å². The molecular formula is C14H18N2O8. The molecule has 1 aliphatic rings. The molecule has 0 bridgehead atoms. The van der Waals surface area contributed by atoms with Crippen molar-refractivity contribution in [1.29, 1.82) is 0 Å². The van der Waals surface area contributed by atoms with Gasteiger partial charge in [0.15, 0.2) is 0 Å². The molecule has 5 atom stereocenters. The summed E-state index contributed by atoms with van der Waals surface area (Å²) in [4.78, 5) is 21.4. The lowest BCUT2D eigenvalue weighted by molar-refractivity contribution is -0.384. The highest BCUT2D eigenvalue weighted by atomic mass is 16.7. The molecule has 0 spiro atoms. The summed E-state index contributed by atoms with van der Waals surface area (Å²) >= 11 is 0. The zero-order chi connectivity index (χ0) is 17.9. The van der Waals surface area contributed by atoms with Crippen molar-refractivity contribution in [3.05, 3.63) is 34.4 Å². The first-order valence-electron chi connectivity index (χ1n) is 7.14. The second kappa shape index (κ2) is 7.53. The number of ether oxygens (including phenoxy) is 2. The fourth-order valence-corrected chi connectivity index (χ4v) is 2.35. The molecule has 1 heterocycles. The van der Waals surface area contributed by atoms with Gasteiger partial charge in [0.25, 0.3) is 5.69 Å². The molecule has 0 saturated carbocycles. The highest BCUT2D eigenvalue weighted by molar-refractivity contribution is 5.73. The first kappa shape index (κ1) is 18.1. The zero-order valence-corrected chi connectivity index (χ0v) is 12.7. The van der Waals surface area contributed by atoms with Gasteiger partial charge in [0.2, 0.25) is 12.2 Å². The van der Waals surface area contributed by atoms with E-state index in [1.165, 1.54) is 31.2 Å². The molecule has 132 valence electrons. The summed E-state index contributed by atoms with van der Waals surface area (Å²) in [5.74, 6) is -0.282. The number of non-ortho nitro benzene ring substituents is 1. The lowest BCUT2D eigenvalue weighted by Gasteiger charge is -2.42. The summed E-state index contributed by atoms with van der Waals surface area (Å²) in [7, 11) is 0. The Morgan fingerprint density at radius 3 is 2.46 bits per heavy atom. The number of aliphatic hydroxyl groups is 3. The van der Waals surface area contributed by atoms with Crippen molar-refractivity contribution in [2.24, 2.45) is 0 Å². The van der Waals surface area contributed by atoms with E-state index in [9.17, 15) is 30.2 Å². The summed E-state index contributed by atoms with van der Waals surface area (Å²) in [5.41, 5.74) is -0.131. The number of carbonyl (C=O) groups is 1. The largest absolute Gasteiger partial charge is 0.463 e. The van der Waals surface area contributed by atoms with E-state index in [1.807, 2.05) is 0 Å². The third-order valence-electron chi connectivity index (χ3n) is 3.55. The molecule has 1 amide bonds. The van der Waals surface area contributed by atoms with Gasteiger partial charge < -0.3 is 30.1 Å². The quantitative estimate of drug-likeness (QED) is 0.389. The van der Waals surface area contributed by atoms with Crippen LogP contribution in [-0.2, 0) is 9.53 Å². The minimum absolute atomic E-state index is 0.131. The molecule has 1 aliphatic heterocycles. The monoisotopic (exact) mass is 342 g/mol. The van der Waals surface area contributed by atoms with Crippen molar-refractivity contribution in [2.45, 2.75) is 37.6 Å². The average molecular weight is 342 g/mol. The van der Waals surface area contributed by atoms with E-state index >= 15 is 0 Å². The summed E-state index contributed by atoms with van der Waals surface area (Å²) in [6.07, 6.45) is -5.15. The number of carbonyl (C=O) groups excluding carboxylic acids is 1. The molecule has 1 saturated heterocycles. The fourth-order valence-electron chi connectivity index (χ4n) is 2.35. The summed E-state index contributed by atoms with van der Waals surface area (Å²) in [6, 6.07) is 4.02. The summed E-state index contributed by atoms with van der Waals surface area (Å²) in [5, 5.41) is 42.3. The van der Waals surface area contributed by atoms with Crippen molar-refractivity contribution in [2.75, 3.05) is 6.61 Å². The molecule has 0 unspecified atom stereocenters. The van der Waals surface area contributed by atoms with Gasteiger partial charge in [-0.1, -0.05) is 0 Å². The second-order valence-corrected chi connectivity index (χ2v) is 5.30. The van der Waals surface area contributed by atoms with Crippen molar-refractivity contribution >= 4 is 11.6 Å². The second-order valence-electron chi connectivity index (χ2n) is 5.30. The third-order valence-corrected chi connectivity index (χ3v) is 3.55. The molecule has 4 N–H and O–H groups in total. The normalized spacial score (nSPS) is 29.8. The van der Waals surface area contributed by atoms with E-state index in [0.29, 0.717) is 0 Å². The first-order chi connectivity index (χ1) is 11.3. The number of nitrogens with zero attached hydrogens (tertiary/aromatic N) is 1. The van der Waals surface area contributed by atoms with Crippen molar-refractivity contribution < 1.29 is 34.5 Å². The van der Waals surface area contributed by atoms with Crippen LogP contribution in [0.4, 0.5) is 5.69 Å². The van der Waals surface area contributed by atoms with Crippen LogP contribution in [0, 0.1) is 10.1 Å². The van der Waals surface area contributed by atoms with Gasteiger partial charge >= 0.3 is 0 Å². The Morgan fingerprint density at radius 2 is 1.96 bits per heavy atom. The summed E-state index contributed by atoms with van der Waals surface area (Å²) < 4.78 is 10.9. The minimum Gasteiger partial charge on any atom is -0.463 e. The van der Waals surface area contributed by atoms with Gasteiger partial charge in [-0.15, -0.1) is 0 Å². The zero-order valence-electron chi connectivity index (χ0n) is 12.7. The molecule has 10 nitrogen and oxygen atoms in total. The van der Waals surface area contributed by atoms with Crippen LogP contribution >= 0.6 is 0 Å². The van der Waals surface area contributed by atoms with E-state index in [4.69, 9.17) is 9.47 Å². The lowest BCUT2D eigenvalue weighted by Crippen LogP contribution is -2.65. The predicted octanol–water partition coefficient (Wildman–Crippen LogP) is -1.08. The van der Waals surface area contributed by atoms with Gasteiger partial charge in [0.05, 0.1) is 11.5 Å². The molecule has 0 aromatic heterocycles. The number of amides is 1. The lowest BCUT2D eigenvalue weighted by atomic mass is 9.97. The number of aliphatic hydroxyl groups excluding tert-OH is 3. The highest BCUT2D eigenvalue weighted by Gasteiger charge is 2.46. The maximum Gasteiger partial charge on any atom is 0.269 e. The average Bonchev–Trinajstić information content (AvgIpc) is 2.54. The number of rotatable bonds is 5. The highest BCUT2D eigenvalue weighted by Crippen LogP contribution is 2.25. The summed E-state index contributed by atoms with van der Waals surface area (Å²) in [6.45, 7) is 0.658. The maximum atomic E-state index is 11.3. The number of hydrogen-bond donors (Lipinski definition) is 4. The van der Waals surface area contributed by atoms with E-state index < -0.39 is 48.1 Å². The van der Waals surface area contributed by atoms with Crippen LogP contribution in [0.1, 0.15) is 6.92 Å². The Hall–Kier alpha value is -2.27. The Bertz CT molecular complexity index is 593. The van der Waals surface area contributed by atoms with Gasteiger partial charge in [0.1, 0.15) is 30.1 Å². The van der Waals surface area contributed by atoms with Crippen molar-refractivity contribution in [3.8, 4) is 5.75 Å². The van der Waals surface area contributed by atoms with E-state index in [2.05, 4.69) is 5.32 Å². The third kappa shape index (κ3) is 3.97. The Morgan fingerprint density at radius 1 is 1.33 bits per heavy atom. The number of hydrogen-bond acceptors (Lipinski definition) is 8.